The van der Waals surface area contributed by atoms with Gasteiger partial charge in [-0.25, -0.2) is 0 Å². The Hall–Kier alpha value is -1.26. The summed E-state index contributed by atoms with van der Waals surface area (Å²) in [5, 5.41) is 0. The van der Waals surface area contributed by atoms with Crippen LogP contribution in [0.25, 0.3) is 0 Å². The molecule has 1 heterocycles. The minimum Gasteiger partial charge on any atom is -0.357 e. The monoisotopic (exact) mass is 194 g/mol. The van der Waals surface area contributed by atoms with Gasteiger partial charge in [-0.15, -0.1) is 5.92 Å². The predicted octanol–water partition coefficient (Wildman–Crippen LogP) is 1.27. The Kier molecular flexibility index (Phi) is 3.54. The molecule has 0 aromatic carbocycles. The second-order valence-electron chi connectivity index (χ2n) is 2.44. The third-order valence-electron chi connectivity index (χ3n) is 1.52. The van der Waals surface area contributed by atoms with Crippen molar-refractivity contribution in [3.05, 3.63) is 24.0 Å². The summed E-state index contributed by atoms with van der Waals surface area (Å²) >= 11 is 0. The summed E-state index contributed by atoms with van der Waals surface area (Å²) in [5.41, 5.74) is 0.577. The highest BCUT2D eigenvalue weighted by molar-refractivity contribution is 7.14. The van der Waals surface area contributed by atoms with E-state index in [9.17, 15) is 4.79 Å². The predicted molar refractivity (Wildman–Crippen MR) is 55.0 cm³/mol. The Balaban J connectivity index is 2.61. The number of aromatic nitrogens is 1. The molecule has 13 heavy (non-hydrogen) atoms. The lowest BCUT2D eigenvalue weighted by Gasteiger charge is -2.11. The van der Waals surface area contributed by atoms with E-state index in [4.69, 9.17) is 0 Å². The number of hydrogen-bond acceptors (Lipinski definition) is 1. The number of carbonyl (C=O) groups excluding carboxylic acids is 1. The third-order valence-corrected chi connectivity index (χ3v) is 1.93. The number of nitrogens with one attached hydrogen (secondary N) is 1. The topological polar surface area (TPSA) is 36.1 Å². The van der Waals surface area contributed by atoms with Crippen LogP contribution in [0, 0.1) is 11.8 Å². The van der Waals surface area contributed by atoms with Crippen LogP contribution in [0.1, 0.15) is 17.4 Å². The summed E-state index contributed by atoms with van der Waals surface area (Å²) in [5.74, 6) is 5.47. The van der Waals surface area contributed by atoms with E-state index >= 15 is 0 Å². The average molecular weight is 194 g/mol. The maximum Gasteiger partial charge on any atom is 0.273 e. The summed E-state index contributed by atoms with van der Waals surface area (Å²) in [4.78, 5) is 14.4. The summed E-state index contributed by atoms with van der Waals surface area (Å²) in [6.07, 6.45) is 1.72. The minimum absolute atomic E-state index is 0.0715. The molecule has 0 radical (unpaired) electrons. The van der Waals surface area contributed by atoms with Crippen molar-refractivity contribution in [3.8, 4) is 11.8 Å². The number of hydrogen-bond donors (Lipinski definition) is 1. The zero-order chi connectivity index (χ0) is 9.68. The van der Waals surface area contributed by atoms with Gasteiger partial charge in [0.25, 0.3) is 5.91 Å². The van der Waals surface area contributed by atoms with E-state index in [0.29, 0.717) is 12.2 Å². The maximum atomic E-state index is 11.5. The molecule has 1 N–H and O–H groups in total. The molecule has 0 aliphatic rings. The molecule has 0 fully saturated rings. The van der Waals surface area contributed by atoms with Gasteiger partial charge in [0.05, 0.1) is 6.54 Å². The Morgan fingerprint density at radius 2 is 2.54 bits per heavy atom. The van der Waals surface area contributed by atoms with Crippen molar-refractivity contribution in [1.29, 1.82) is 0 Å². The highest BCUT2D eigenvalue weighted by Gasteiger charge is 2.10. The van der Waals surface area contributed by atoms with Crippen LogP contribution in [0.3, 0.4) is 0 Å². The van der Waals surface area contributed by atoms with E-state index in [0.717, 1.165) is 0 Å². The largest absolute Gasteiger partial charge is 0.357 e. The van der Waals surface area contributed by atoms with Crippen molar-refractivity contribution in [1.82, 2.24) is 9.65 Å². The molecule has 3 nitrogen and oxygen atoms in total. The normalized spacial score (nSPS) is 8.77. The Labute approximate surface area is 79.8 Å². The van der Waals surface area contributed by atoms with E-state index in [2.05, 4.69) is 26.2 Å². The highest BCUT2D eigenvalue weighted by atomic mass is 31.0. The van der Waals surface area contributed by atoms with E-state index in [1.54, 1.807) is 25.3 Å². The van der Waals surface area contributed by atoms with Crippen LogP contribution in [0.5, 0.6) is 0 Å². The number of carbonyl (C=O) groups is 1. The van der Waals surface area contributed by atoms with Gasteiger partial charge in [-0.1, -0.05) is 5.92 Å². The lowest BCUT2D eigenvalue weighted by molar-refractivity contribution is 0.0877. The van der Waals surface area contributed by atoms with Crippen molar-refractivity contribution < 1.29 is 4.79 Å². The molecule has 0 aliphatic carbocycles. The summed E-state index contributed by atoms with van der Waals surface area (Å²) in [6, 6.07) is 3.52. The molecule has 1 aromatic rings. The van der Waals surface area contributed by atoms with Gasteiger partial charge in [-0.3, -0.25) is 4.79 Å². The van der Waals surface area contributed by atoms with Gasteiger partial charge in [0.2, 0.25) is 0 Å². The number of amides is 1. The van der Waals surface area contributed by atoms with Gasteiger partial charge in [0.1, 0.15) is 5.69 Å². The molecular weight excluding hydrogens is 183 g/mol. The van der Waals surface area contributed by atoms with E-state index in [1.165, 1.54) is 4.67 Å². The second-order valence-corrected chi connectivity index (χ2v) is 3.07. The van der Waals surface area contributed by atoms with Crippen LogP contribution in [-0.4, -0.2) is 22.1 Å². The number of rotatable bonds is 2. The number of aromatic amines is 1. The standard InChI is InChI=1S/C9H11N2OP/c1-2-3-7-11(13)9(12)8-5-4-6-10-8/h4-6,10H,7,13H2,1H3. The van der Waals surface area contributed by atoms with Crippen LogP contribution < -0.4 is 0 Å². The van der Waals surface area contributed by atoms with Crippen LogP contribution in [-0.2, 0) is 0 Å². The Morgan fingerprint density at radius 3 is 3.08 bits per heavy atom. The van der Waals surface area contributed by atoms with Crippen LogP contribution >= 0.6 is 9.39 Å². The molecule has 68 valence electrons. The van der Waals surface area contributed by atoms with Gasteiger partial charge in [0, 0.05) is 6.20 Å². The summed E-state index contributed by atoms with van der Waals surface area (Å²) < 4.78 is 1.49. The van der Waals surface area contributed by atoms with E-state index in [-0.39, 0.29) is 5.91 Å². The fraction of sp³-hybridized carbons (Fsp3) is 0.222. The molecular formula is C9H11N2OP. The van der Waals surface area contributed by atoms with Crippen LogP contribution in [0.15, 0.2) is 18.3 Å². The molecule has 0 saturated heterocycles. The fourth-order valence-electron chi connectivity index (χ4n) is 0.854. The molecule has 1 aromatic heterocycles. The number of nitrogens with zero attached hydrogens (tertiary/aromatic N) is 1. The minimum atomic E-state index is -0.0715. The van der Waals surface area contributed by atoms with E-state index < -0.39 is 0 Å². The first-order valence-corrected chi connectivity index (χ1v) is 4.37. The van der Waals surface area contributed by atoms with Gasteiger partial charge in [-0.2, -0.15) is 0 Å². The first-order chi connectivity index (χ1) is 6.25. The van der Waals surface area contributed by atoms with Crippen LogP contribution in [0.4, 0.5) is 0 Å². The molecule has 1 rings (SSSR count). The van der Waals surface area contributed by atoms with Gasteiger partial charge in [0.15, 0.2) is 0 Å². The molecule has 0 spiro atoms. The number of H-pyrrole nitrogens is 1. The lowest BCUT2D eigenvalue weighted by Crippen LogP contribution is -2.21. The zero-order valence-corrected chi connectivity index (χ0v) is 8.53. The zero-order valence-electron chi connectivity index (χ0n) is 7.37. The van der Waals surface area contributed by atoms with Crippen molar-refractivity contribution in [2.45, 2.75) is 6.92 Å². The molecule has 0 aliphatic heterocycles. The highest BCUT2D eigenvalue weighted by Crippen LogP contribution is 2.05. The van der Waals surface area contributed by atoms with Gasteiger partial charge in [-0.05, 0) is 28.4 Å². The quantitative estimate of drug-likeness (QED) is 0.558. The molecule has 0 saturated carbocycles. The molecule has 1 unspecified atom stereocenters. The Morgan fingerprint density at radius 1 is 1.77 bits per heavy atom. The van der Waals surface area contributed by atoms with Crippen molar-refractivity contribution >= 4 is 15.3 Å². The fourth-order valence-corrected chi connectivity index (χ4v) is 1.08. The van der Waals surface area contributed by atoms with Gasteiger partial charge >= 0.3 is 0 Å². The Bertz CT molecular complexity index is 334. The third kappa shape index (κ3) is 2.61. The smallest absolute Gasteiger partial charge is 0.273 e. The van der Waals surface area contributed by atoms with E-state index in [1.807, 2.05) is 0 Å². The second kappa shape index (κ2) is 4.69. The summed E-state index contributed by atoms with van der Waals surface area (Å²) in [7, 11) is 2.35. The van der Waals surface area contributed by atoms with Crippen LogP contribution in [0.2, 0.25) is 0 Å². The lowest BCUT2D eigenvalue weighted by atomic mass is 10.4. The first kappa shape index (κ1) is 9.83. The van der Waals surface area contributed by atoms with Crippen molar-refractivity contribution in [2.24, 2.45) is 0 Å². The van der Waals surface area contributed by atoms with Crippen molar-refractivity contribution in [3.63, 3.8) is 0 Å². The SMILES string of the molecule is CC#CCN(P)C(=O)c1ccc[nH]1. The molecule has 1 amide bonds. The molecule has 4 heteroatoms. The maximum absolute atomic E-state index is 11.5. The average Bonchev–Trinajstić information content (AvgIpc) is 2.65. The first-order valence-electron chi connectivity index (χ1n) is 3.85. The van der Waals surface area contributed by atoms with Gasteiger partial charge < -0.3 is 9.65 Å². The van der Waals surface area contributed by atoms with Crippen molar-refractivity contribution in [2.75, 3.05) is 6.54 Å². The molecule has 0 bridgehead atoms. The summed E-state index contributed by atoms with van der Waals surface area (Å²) in [6.45, 7) is 2.18. The molecule has 1 atom stereocenters.